The molecular formula is C60H57N7O10. The minimum atomic E-state index is -2.07. The van der Waals surface area contributed by atoms with Crippen LogP contribution in [-0.2, 0) is 31.1 Å². The zero-order valence-electron chi connectivity index (χ0n) is 42.2. The van der Waals surface area contributed by atoms with Gasteiger partial charge in [-0.1, -0.05) is 121 Å². The highest BCUT2D eigenvalue weighted by molar-refractivity contribution is 6.24. The number of hydrogen-bond acceptors (Lipinski definition) is 12. The van der Waals surface area contributed by atoms with Gasteiger partial charge in [-0.05, 0) is 82.8 Å². The highest BCUT2D eigenvalue weighted by atomic mass is 16.7. The lowest BCUT2D eigenvalue weighted by Gasteiger charge is -2.46. The average molecular weight is 1040 g/mol. The fourth-order valence-corrected chi connectivity index (χ4v) is 11.9. The number of primary amides is 1. The lowest BCUT2D eigenvalue weighted by atomic mass is 9.64. The van der Waals surface area contributed by atoms with Gasteiger partial charge in [0.25, 0.3) is 0 Å². The maximum atomic E-state index is 16.9. The number of aliphatic hydroxyl groups excluding tert-OH is 1. The van der Waals surface area contributed by atoms with Crippen molar-refractivity contribution >= 4 is 35.5 Å². The van der Waals surface area contributed by atoms with Crippen LogP contribution in [0.4, 0.5) is 15.3 Å². The first kappa shape index (κ1) is 50.5. The maximum absolute atomic E-state index is 16.9. The Morgan fingerprint density at radius 2 is 1.49 bits per heavy atom. The van der Waals surface area contributed by atoms with Crippen molar-refractivity contribution in [3.63, 3.8) is 0 Å². The van der Waals surface area contributed by atoms with Crippen LogP contribution >= 0.6 is 0 Å². The van der Waals surface area contributed by atoms with Crippen LogP contribution in [0.15, 0.2) is 152 Å². The number of piperazine rings is 1. The molecule has 0 saturated carbocycles. The second-order valence-electron chi connectivity index (χ2n) is 19.7. The number of ether oxygens (including phenoxy) is 4. The highest BCUT2D eigenvalue weighted by Crippen LogP contribution is 2.66. The Morgan fingerprint density at radius 1 is 0.792 bits per heavy atom. The molecule has 5 heterocycles. The van der Waals surface area contributed by atoms with Gasteiger partial charge in [0.05, 0.1) is 42.9 Å². The number of amides is 6. The first-order valence-corrected chi connectivity index (χ1v) is 25.7. The molecule has 6 aromatic rings. The molecule has 6 aromatic carbocycles. The van der Waals surface area contributed by atoms with Gasteiger partial charge in [-0.2, -0.15) is 0 Å². The summed E-state index contributed by atoms with van der Waals surface area (Å²) in [6, 6.07) is 40.8. The number of fused-ring (bicyclic) bond motifs is 4. The van der Waals surface area contributed by atoms with E-state index in [0.29, 0.717) is 53.6 Å². The third-order valence-corrected chi connectivity index (χ3v) is 15.2. The molecule has 7 unspecified atom stereocenters. The maximum Gasteiger partial charge on any atom is 0.329 e. The van der Waals surface area contributed by atoms with Gasteiger partial charge in [0.15, 0.2) is 11.5 Å². The van der Waals surface area contributed by atoms with E-state index >= 15 is 19.2 Å². The predicted molar refractivity (Wildman–Crippen MR) is 283 cm³/mol. The molecule has 17 nitrogen and oxygen atoms in total. The lowest BCUT2D eigenvalue weighted by molar-refractivity contribution is -0.179. The number of urea groups is 2. The Balaban J connectivity index is 1.12. The fourth-order valence-electron chi connectivity index (χ4n) is 11.9. The molecule has 7 atom stereocenters. The minimum Gasteiger partial charge on any atom is -0.491 e. The number of hydrogen-bond donors (Lipinski definition) is 4. The monoisotopic (exact) mass is 1040 g/mol. The predicted octanol–water partition coefficient (Wildman–Crippen LogP) is 6.29. The molecule has 392 valence electrons. The molecule has 11 rings (SSSR count). The number of nitrogens with one attached hydrogen (secondary N) is 2. The normalized spacial score (nSPS) is 22.8. The lowest BCUT2D eigenvalue weighted by Crippen LogP contribution is -2.59. The molecule has 3 fully saturated rings. The van der Waals surface area contributed by atoms with Crippen molar-refractivity contribution in [2.24, 2.45) is 11.7 Å². The second kappa shape index (κ2) is 21.5. The number of esters is 1. The molecule has 0 bridgehead atoms. The smallest absolute Gasteiger partial charge is 0.329 e. The van der Waals surface area contributed by atoms with Gasteiger partial charge in [0.1, 0.15) is 29.9 Å². The second-order valence-corrected chi connectivity index (χ2v) is 19.7. The number of benzene rings is 6. The summed E-state index contributed by atoms with van der Waals surface area (Å²) in [5, 5.41) is 15.5. The molecule has 6 amide bonds. The zero-order chi connectivity index (χ0) is 53.2. The summed E-state index contributed by atoms with van der Waals surface area (Å²) in [4.78, 5) is 83.3. The van der Waals surface area contributed by atoms with Crippen molar-refractivity contribution < 1.29 is 48.0 Å². The van der Waals surface area contributed by atoms with E-state index in [-0.39, 0.29) is 50.9 Å². The SMILES string of the molecule is CC(NC(=O)N1C(=O)C2(c3cc(C#CCNC(N)=O)ccc31)C(C(=O)N1CCN(Cc3ccc4c(c3)OCO4)CC1)C1C(=O)OC(c3ccccc3)C(c3ccccc3)N1C2c1cccc(OCCO)c1)c1ccccc1. The van der Waals surface area contributed by atoms with Crippen molar-refractivity contribution in [1.82, 2.24) is 25.3 Å². The third-order valence-electron chi connectivity index (χ3n) is 15.2. The molecule has 5 aliphatic rings. The van der Waals surface area contributed by atoms with Crippen LogP contribution in [0.25, 0.3) is 0 Å². The van der Waals surface area contributed by atoms with Crippen molar-refractivity contribution in [2.75, 3.05) is 57.6 Å². The summed E-state index contributed by atoms with van der Waals surface area (Å²) in [7, 11) is 0. The number of aliphatic hydroxyl groups is 1. The number of imide groups is 1. The number of anilines is 1. The van der Waals surface area contributed by atoms with Crippen LogP contribution in [0.1, 0.15) is 70.1 Å². The summed E-state index contributed by atoms with van der Waals surface area (Å²) in [6.45, 7) is 3.57. The first-order valence-electron chi connectivity index (χ1n) is 25.7. The quantitative estimate of drug-likeness (QED) is 0.0789. The topological polar surface area (TPSA) is 206 Å². The van der Waals surface area contributed by atoms with Crippen molar-refractivity contribution in [2.45, 2.75) is 49.2 Å². The Morgan fingerprint density at radius 3 is 2.22 bits per heavy atom. The number of carbonyl (C=O) groups is 5. The Labute approximate surface area is 445 Å². The summed E-state index contributed by atoms with van der Waals surface area (Å²) in [5.74, 6) is 4.32. The van der Waals surface area contributed by atoms with E-state index in [4.69, 9.17) is 24.7 Å². The molecule has 0 radical (unpaired) electrons. The number of cyclic esters (lactones) is 1. The Kier molecular flexibility index (Phi) is 14.1. The number of nitrogens with two attached hydrogens (primary N) is 1. The van der Waals surface area contributed by atoms with Gasteiger partial charge in [-0.15, -0.1) is 0 Å². The van der Waals surface area contributed by atoms with Crippen LogP contribution in [-0.4, -0.2) is 108 Å². The van der Waals surface area contributed by atoms with Crippen LogP contribution in [0.2, 0.25) is 0 Å². The average Bonchev–Trinajstić information content (AvgIpc) is 4.34. The van der Waals surface area contributed by atoms with Gasteiger partial charge in [-0.25, -0.2) is 14.5 Å². The summed E-state index contributed by atoms with van der Waals surface area (Å²) in [6.07, 6.45) is -0.943. The zero-order valence-corrected chi connectivity index (χ0v) is 42.2. The molecule has 0 aromatic heterocycles. The van der Waals surface area contributed by atoms with Crippen molar-refractivity contribution in [1.29, 1.82) is 0 Å². The first-order chi connectivity index (χ1) is 37.5. The molecule has 17 heteroatoms. The fraction of sp³-hybridized carbons (Fsp3) is 0.283. The molecule has 77 heavy (non-hydrogen) atoms. The van der Waals surface area contributed by atoms with E-state index < -0.39 is 71.5 Å². The van der Waals surface area contributed by atoms with E-state index in [2.05, 4.69) is 27.4 Å². The van der Waals surface area contributed by atoms with Gasteiger partial charge in [0.2, 0.25) is 18.6 Å². The van der Waals surface area contributed by atoms with E-state index in [1.807, 2.05) is 127 Å². The molecule has 5 N–H and O–H groups in total. The molecule has 1 spiro atoms. The van der Waals surface area contributed by atoms with Crippen LogP contribution in [0.5, 0.6) is 17.2 Å². The largest absolute Gasteiger partial charge is 0.491 e. The van der Waals surface area contributed by atoms with E-state index in [9.17, 15) is 9.90 Å². The standard InChI is InChI=1S/C60H57N7O10/c1-38(41-14-5-2-6-15-41)63-59(73)66-47-24-22-39(13-12-26-62-58(61)72)33-46(47)60(57(66)71)50(55(69)65-29-27-64(28-30-65)36-40-23-25-48-49(34-40)76-37-75-48)52-56(70)77-53(43-18-9-4-10-19-43)51(42-16-7-3-8-17-42)67(52)54(60)44-20-11-21-45(35-44)74-32-31-68/h2-11,14-25,33-35,38,50-54,68H,26-32,36-37H2,1H3,(H,63,73)(H3,61,62,72). The molecular weight excluding hydrogens is 979 g/mol. The number of rotatable bonds is 12. The number of carbonyl (C=O) groups excluding carboxylic acids is 5. The molecule has 0 aliphatic carbocycles. The molecule has 5 aliphatic heterocycles. The number of nitrogens with zero attached hydrogens (tertiary/aromatic N) is 4. The van der Waals surface area contributed by atoms with Crippen LogP contribution in [0, 0.1) is 17.8 Å². The Hall–Kier alpha value is -8.69. The van der Waals surface area contributed by atoms with E-state index in [1.165, 1.54) is 0 Å². The van der Waals surface area contributed by atoms with Crippen LogP contribution < -0.4 is 35.5 Å². The number of morpholine rings is 1. The Bertz CT molecular complexity index is 3270. The van der Waals surface area contributed by atoms with E-state index in [0.717, 1.165) is 21.6 Å². The summed E-state index contributed by atoms with van der Waals surface area (Å²) in [5.41, 5.74) is 7.94. The van der Waals surface area contributed by atoms with Gasteiger partial charge in [-0.3, -0.25) is 24.2 Å². The highest BCUT2D eigenvalue weighted by Gasteiger charge is 2.76. The minimum absolute atomic E-state index is 0.0373. The van der Waals surface area contributed by atoms with Crippen molar-refractivity contribution in [3.8, 4) is 29.1 Å². The van der Waals surface area contributed by atoms with Gasteiger partial charge < -0.3 is 45.3 Å². The van der Waals surface area contributed by atoms with E-state index in [1.54, 1.807) is 41.3 Å². The van der Waals surface area contributed by atoms with Gasteiger partial charge >= 0.3 is 18.0 Å². The summed E-state index contributed by atoms with van der Waals surface area (Å²) >= 11 is 0. The summed E-state index contributed by atoms with van der Waals surface area (Å²) < 4.78 is 24.0. The van der Waals surface area contributed by atoms with Gasteiger partial charge in [0, 0.05) is 38.3 Å². The third kappa shape index (κ3) is 9.45. The van der Waals surface area contributed by atoms with Crippen molar-refractivity contribution in [3.05, 3.63) is 191 Å². The molecule has 3 saturated heterocycles. The van der Waals surface area contributed by atoms with Crippen LogP contribution in [0.3, 0.4) is 0 Å².